The lowest BCUT2D eigenvalue weighted by Crippen LogP contribution is -2.16. The van der Waals surface area contributed by atoms with Gasteiger partial charge in [0.15, 0.2) is 0 Å². The van der Waals surface area contributed by atoms with Crippen LogP contribution in [0, 0.1) is 17.5 Å². The summed E-state index contributed by atoms with van der Waals surface area (Å²) < 4.78 is 41.5. The molecule has 0 aliphatic carbocycles. The highest BCUT2D eigenvalue weighted by Crippen LogP contribution is 2.33. The number of nitrogens with one attached hydrogen (secondary N) is 3. The smallest absolute Gasteiger partial charge is 0.249 e. The molecular weight excluding hydrogens is 395 g/mol. The standard InChI is InChI=1S/C22H16F3N3O2/c23-13-6-4-12(5-7-13)21-15(16-10-14(24)11-17(25)22(16)28-21)8-9-20(30)27-18-2-1-3-19(29)26-18/h1-7,10-11,28H,8-9H2,(H2,26,27,29,30). The maximum absolute atomic E-state index is 14.3. The lowest BCUT2D eigenvalue weighted by atomic mass is 10.0. The molecule has 0 saturated carbocycles. The van der Waals surface area contributed by atoms with Crippen molar-refractivity contribution in [3.05, 3.63) is 88.0 Å². The van der Waals surface area contributed by atoms with Gasteiger partial charge in [-0.15, -0.1) is 0 Å². The highest BCUT2D eigenvalue weighted by atomic mass is 19.1. The normalized spacial score (nSPS) is 11.0. The number of hydrogen-bond donors (Lipinski definition) is 3. The van der Waals surface area contributed by atoms with Gasteiger partial charge >= 0.3 is 0 Å². The Morgan fingerprint density at radius 2 is 1.70 bits per heavy atom. The predicted molar refractivity (Wildman–Crippen MR) is 108 cm³/mol. The molecule has 0 atom stereocenters. The molecule has 2 aromatic heterocycles. The Bertz CT molecular complexity index is 1290. The van der Waals surface area contributed by atoms with Crippen molar-refractivity contribution in [3.8, 4) is 11.3 Å². The lowest BCUT2D eigenvalue weighted by Gasteiger charge is -2.07. The zero-order valence-electron chi connectivity index (χ0n) is 15.6. The molecule has 4 rings (SSSR count). The van der Waals surface area contributed by atoms with Crippen molar-refractivity contribution < 1.29 is 18.0 Å². The van der Waals surface area contributed by atoms with E-state index in [-0.39, 0.29) is 35.6 Å². The van der Waals surface area contributed by atoms with Crippen LogP contribution in [0.25, 0.3) is 22.2 Å². The van der Waals surface area contributed by atoms with Crippen molar-refractivity contribution >= 4 is 22.6 Å². The number of aromatic nitrogens is 2. The van der Waals surface area contributed by atoms with Gasteiger partial charge in [0.05, 0.1) is 5.52 Å². The first-order valence-electron chi connectivity index (χ1n) is 9.15. The first kappa shape index (κ1) is 19.5. The molecule has 0 fully saturated rings. The highest BCUT2D eigenvalue weighted by molar-refractivity contribution is 5.93. The number of aromatic amines is 2. The molecule has 5 nitrogen and oxygen atoms in total. The third kappa shape index (κ3) is 3.98. The summed E-state index contributed by atoms with van der Waals surface area (Å²) in [6.45, 7) is 0. The molecule has 0 spiro atoms. The van der Waals surface area contributed by atoms with Gasteiger partial charge in [-0.2, -0.15) is 0 Å². The van der Waals surface area contributed by atoms with Crippen molar-refractivity contribution in [2.24, 2.45) is 0 Å². The number of halogens is 3. The van der Waals surface area contributed by atoms with Crippen LogP contribution in [0.4, 0.5) is 19.0 Å². The summed E-state index contributed by atoms with van der Waals surface area (Å²) in [6, 6.07) is 11.9. The molecule has 0 saturated heterocycles. The number of hydrogen-bond acceptors (Lipinski definition) is 2. The molecule has 0 unspecified atom stereocenters. The van der Waals surface area contributed by atoms with Gasteiger partial charge in [0.1, 0.15) is 23.3 Å². The van der Waals surface area contributed by atoms with Gasteiger partial charge in [-0.25, -0.2) is 13.2 Å². The number of rotatable bonds is 5. The number of carbonyl (C=O) groups is 1. The van der Waals surface area contributed by atoms with Gasteiger partial charge < -0.3 is 15.3 Å². The van der Waals surface area contributed by atoms with E-state index in [0.29, 0.717) is 22.2 Å². The van der Waals surface area contributed by atoms with E-state index < -0.39 is 17.5 Å². The molecular formula is C22H16F3N3O2. The fraction of sp³-hybridized carbons (Fsp3) is 0.0909. The first-order valence-corrected chi connectivity index (χ1v) is 9.15. The SMILES string of the molecule is O=C(CCc1c(-c2ccc(F)cc2)[nH]c2c(F)cc(F)cc12)Nc1cccc(=O)[nH]1. The van der Waals surface area contributed by atoms with Crippen molar-refractivity contribution in [1.29, 1.82) is 0 Å². The van der Waals surface area contributed by atoms with E-state index >= 15 is 0 Å². The van der Waals surface area contributed by atoms with E-state index in [0.717, 1.165) is 6.07 Å². The van der Waals surface area contributed by atoms with E-state index in [9.17, 15) is 22.8 Å². The number of aryl methyl sites for hydroxylation is 1. The molecule has 8 heteroatoms. The maximum Gasteiger partial charge on any atom is 0.249 e. The Morgan fingerprint density at radius 3 is 2.43 bits per heavy atom. The zero-order valence-corrected chi connectivity index (χ0v) is 15.6. The van der Waals surface area contributed by atoms with E-state index in [1.54, 1.807) is 6.07 Å². The van der Waals surface area contributed by atoms with Crippen molar-refractivity contribution in [3.63, 3.8) is 0 Å². The molecule has 0 aliphatic heterocycles. The Balaban J connectivity index is 1.67. The van der Waals surface area contributed by atoms with E-state index in [4.69, 9.17) is 0 Å². The number of benzene rings is 2. The van der Waals surface area contributed by atoms with Crippen molar-refractivity contribution in [2.75, 3.05) is 5.32 Å². The highest BCUT2D eigenvalue weighted by Gasteiger charge is 2.18. The van der Waals surface area contributed by atoms with Crippen LogP contribution < -0.4 is 10.9 Å². The second-order valence-electron chi connectivity index (χ2n) is 6.77. The topological polar surface area (TPSA) is 77.8 Å². The van der Waals surface area contributed by atoms with E-state index in [1.165, 1.54) is 42.5 Å². The number of pyridine rings is 1. The Morgan fingerprint density at radius 1 is 0.933 bits per heavy atom. The minimum Gasteiger partial charge on any atom is -0.352 e. The summed E-state index contributed by atoms with van der Waals surface area (Å²) in [5.74, 6) is -2.05. The monoisotopic (exact) mass is 411 g/mol. The number of H-pyrrole nitrogens is 2. The molecule has 0 bridgehead atoms. The molecule has 1 amide bonds. The van der Waals surface area contributed by atoms with Crippen LogP contribution in [-0.2, 0) is 11.2 Å². The predicted octanol–water partition coefficient (Wildman–Crippen LogP) is 4.51. The molecule has 152 valence electrons. The van der Waals surface area contributed by atoms with Crippen molar-refractivity contribution in [1.82, 2.24) is 9.97 Å². The van der Waals surface area contributed by atoms with Crippen LogP contribution in [0.1, 0.15) is 12.0 Å². The molecule has 4 aromatic rings. The second kappa shape index (κ2) is 7.90. The third-order valence-electron chi connectivity index (χ3n) is 4.71. The van der Waals surface area contributed by atoms with Crippen LogP contribution in [0.3, 0.4) is 0 Å². The Labute approximate surface area is 168 Å². The molecule has 0 radical (unpaired) electrons. The molecule has 30 heavy (non-hydrogen) atoms. The molecule has 0 aliphatic rings. The van der Waals surface area contributed by atoms with Gasteiger partial charge in [0.2, 0.25) is 11.5 Å². The summed E-state index contributed by atoms with van der Waals surface area (Å²) in [5, 5.41) is 2.89. The summed E-state index contributed by atoms with van der Waals surface area (Å²) in [5.41, 5.74) is 1.35. The average Bonchev–Trinajstić information content (AvgIpc) is 3.06. The number of amides is 1. The van der Waals surface area contributed by atoms with Gasteiger partial charge in [-0.1, -0.05) is 6.07 Å². The quantitative estimate of drug-likeness (QED) is 0.452. The summed E-state index contributed by atoms with van der Waals surface area (Å²) in [7, 11) is 0. The number of fused-ring (bicyclic) bond motifs is 1. The van der Waals surface area contributed by atoms with Crippen molar-refractivity contribution in [2.45, 2.75) is 12.8 Å². The first-order chi connectivity index (χ1) is 14.4. The van der Waals surface area contributed by atoms with Crippen LogP contribution in [-0.4, -0.2) is 15.9 Å². The lowest BCUT2D eigenvalue weighted by molar-refractivity contribution is -0.116. The molecule has 2 heterocycles. The van der Waals surface area contributed by atoms with Crippen LogP contribution in [0.5, 0.6) is 0 Å². The van der Waals surface area contributed by atoms with Gasteiger partial charge in [0, 0.05) is 29.6 Å². The number of carbonyl (C=O) groups excluding carboxylic acids is 1. The van der Waals surface area contributed by atoms with E-state index in [1.807, 2.05) is 0 Å². The van der Waals surface area contributed by atoms with Gasteiger partial charge in [-0.05, 0) is 53.9 Å². The third-order valence-corrected chi connectivity index (χ3v) is 4.71. The van der Waals surface area contributed by atoms with Gasteiger partial charge in [0.25, 0.3) is 0 Å². The fourth-order valence-electron chi connectivity index (χ4n) is 3.37. The van der Waals surface area contributed by atoms with E-state index in [2.05, 4.69) is 15.3 Å². The summed E-state index contributed by atoms with van der Waals surface area (Å²) in [6.07, 6.45) is 0.161. The second-order valence-corrected chi connectivity index (χ2v) is 6.77. The summed E-state index contributed by atoms with van der Waals surface area (Å²) in [4.78, 5) is 29.1. The molecule has 2 aromatic carbocycles. The van der Waals surface area contributed by atoms with Crippen LogP contribution >= 0.6 is 0 Å². The number of anilines is 1. The minimum atomic E-state index is -0.758. The van der Waals surface area contributed by atoms with Crippen LogP contribution in [0.15, 0.2) is 59.4 Å². The van der Waals surface area contributed by atoms with Gasteiger partial charge in [-0.3, -0.25) is 9.59 Å². The fourth-order valence-corrected chi connectivity index (χ4v) is 3.37. The maximum atomic E-state index is 14.3. The Hall–Kier alpha value is -3.81. The Kier molecular flexibility index (Phi) is 5.14. The average molecular weight is 411 g/mol. The van der Waals surface area contributed by atoms with Crippen LogP contribution in [0.2, 0.25) is 0 Å². The molecule has 3 N–H and O–H groups in total. The zero-order chi connectivity index (χ0) is 21.3. The largest absolute Gasteiger partial charge is 0.352 e. The summed E-state index contributed by atoms with van der Waals surface area (Å²) >= 11 is 0. The minimum absolute atomic E-state index is 0.00376.